The van der Waals surface area contributed by atoms with E-state index in [-0.39, 0.29) is 11.5 Å². The number of ketones is 1. The lowest BCUT2D eigenvalue weighted by Gasteiger charge is -2.09. The lowest BCUT2D eigenvalue weighted by Crippen LogP contribution is -2.22. The number of nitrogens with zero attached hydrogens (tertiary/aromatic N) is 2. The van der Waals surface area contributed by atoms with Crippen molar-refractivity contribution in [3.63, 3.8) is 0 Å². The Bertz CT molecular complexity index is 1000. The van der Waals surface area contributed by atoms with Gasteiger partial charge in [-0.25, -0.2) is 9.78 Å². The molecule has 3 rings (SSSR count). The smallest absolute Gasteiger partial charge is 0.359 e. The Kier molecular flexibility index (Phi) is 4.98. The number of amides is 1. The van der Waals surface area contributed by atoms with E-state index in [4.69, 9.17) is 4.74 Å². The number of Topliss-reactive ketones (excluding diaryl/α,β-unsaturated/α-hetero) is 1. The summed E-state index contributed by atoms with van der Waals surface area (Å²) in [6.45, 7) is 0.906. The normalized spacial score (nSPS) is 10.3. The van der Waals surface area contributed by atoms with Crippen LogP contribution in [0.2, 0.25) is 0 Å². The molecule has 0 saturated heterocycles. The van der Waals surface area contributed by atoms with Crippen molar-refractivity contribution in [2.45, 2.75) is 6.92 Å². The lowest BCUT2D eigenvalue weighted by atomic mass is 10.1. The number of aromatic nitrogens is 2. The summed E-state index contributed by atoms with van der Waals surface area (Å²) in [5.74, 6) is -1.48. The largest absolute Gasteiger partial charge is 0.451 e. The van der Waals surface area contributed by atoms with Crippen LogP contribution in [0.15, 0.2) is 54.7 Å². The molecule has 0 aliphatic heterocycles. The monoisotopic (exact) mass is 349 g/mol. The molecule has 1 aromatic heterocycles. The average molecular weight is 349 g/mol. The summed E-state index contributed by atoms with van der Waals surface area (Å²) in [6.07, 6.45) is 1.30. The van der Waals surface area contributed by atoms with Crippen molar-refractivity contribution in [1.82, 2.24) is 9.97 Å². The molecule has 0 atom stereocenters. The molecular weight excluding hydrogens is 334 g/mol. The van der Waals surface area contributed by atoms with E-state index < -0.39 is 18.5 Å². The van der Waals surface area contributed by atoms with Gasteiger partial charge in [0.25, 0.3) is 5.91 Å². The molecular formula is C19H15N3O4. The van der Waals surface area contributed by atoms with Crippen molar-refractivity contribution in [2.24, 2.45) is 0 Å². The van der Waals surface area contributed by atoms with Gasteiger partial charge in [0.2, 0.25) is 0 Å². The van der Waals surface area contributed by atoms with E-state index in [2.05, 4.69) is 15.3 Å². The van der Waals surface area contributed by atoms with Crippen molar-refractivity contribution >= 4 is 34.4 Å². The van der Waals surface area contributed by atoms with Gasteiger partial charge in [0.05, 0.1) is 22.9 Å². The molecule has 1 N–H and O–H groups in total. The minimum Gasteiger partial charge on any atom is -0.451 e. The fourth-order valence-corrected chi connectivity index (χ4v) is 2.35. The SMILES string of the molecule is CC(=O)c1ccccc1NC(=O)COC(=O)c1cnc2ccccc2n1. The number of nitrogens with one attached hydrogen (secondary N) is 1. The molecule has 0 saturated carbocycles. The van der Waals surface area contributed by atoms with E-state index in [1.165, 1.54) is 13.1 Å². The van der Waals surface area contributed by atoms with Crippen molar-refractivity contribution in [1.29, 1.82) is 0 Å². The first-order chi connectivity index (χ1) is 12.5. The molecule has 0 spiro atoms. The van der Waals surface area contributed by atoms with E-state index in [0.29, 0.717) is 22.3 Å². The zero-order chi connectivity index (χ0) is 18.5. The van der Waals surface area contributed by atoms with Crippen molar-refractivity contribution in [3.05, 3.63) is 66.0 Å². The lowest BCUT2D eigenvalue weighted by molar-refractivity contribution is -0.119. The molecule has 0 bridgehead atoms. The number of hydrogen-bond acceptors (Lipinski definition) is 6. The van der Waals surface area contributed by atoms with Crippen LogP contribution in [0, 0.1) is 0 Å². The zero-order valence-electron chi connectivity index (χ0n) is 13.9. The van der Waals surface area contributed by atoms with E-state index in [1.54, 1.807) is 42.5 Å². The highest BCUT2D eigenvalue weighted by Gasteiger charge is 2.14. The average Bonchev–Trinajstić information content (AvgIpc) is 2.66. The van der Waals surface area contributed by atoms with Crippen LogP contribution in [-0.2, 0) is 9.53 Å². The number of carbonyl (C=O) groups excluding carboxylic acids is 3. The predicted octanol–water partition coefficient (Wildman–Crippen LogP) is 2.63. The summed E-state index contributed by atoms with van der Waals surface area (Å²) >= 11 is 0. The van der Waals surface area contributed by atoms with Gasteiger partial charge in [-0.05, 0) is 31.2 Å². The molecule has 0 radical (unpaired) electrons. The molecule has 2 aromatic carbocycles. The van der Waals surface area contributed by atoms with Gasteiger partial charge in [-0.3, -0.25) is 14.6 Å². The first kappa shape index (κ1) is 17.2. The molecule has 0 fully saturated rings. The Balaban J connectivity index is 1.63. The standard InChI is InChI=1S/C19H15N3O4/c1-12(23)13-6-2-3-7-14(13)22-18(24)11-26-19(25)17-10-20-15-8-4-5-9-16(15)21-17/h2-10H,11H2,1H3,(H,22,24). The number of esters is 1. The summed E-state index contributed by atoms with van der Waals surface area (Å²) in [6, 6.07) is 13.7. The molecule has 0 aliphatic rings. The Morgan fingerprint density at radius 1 is 1.00 bits per heavy atom. The molecule has 1 amide bonds. The van der Waals surface area contributed by atoms with Crippen LogP contribution in [0.1, 0.15) is 27.8 Å². The first-order valence-corrected chi connectivity index (χ1v) is 7.83. The predicted molar refractivity (Wildman–Crippen MR) is 94.9 cm³/mol. The van der Waals surface area contributed by atoms with Crippen molar-refractivity contribution in [2.75, 3.05) is 11.9 Å². The highest BCUT2D eigenvalue weighted by atomic mass is 16.5. The fourth-order valence-electron chi connectivity index (χ4n) is 2.35. The van der Waals surface area contributed by atoms with E-state index in [9.17, 15) is 14.4 Å². The molecule has 26 heavy (non-hydrogen) atoms. The van der Waals surface area contributed by atoms with Gasteiger partial charge in [-0.1, -0.05) is 24.3 Å². The molecule has 1 heterocycles. The molecule has 130 valence electrons. The Labute approximate surface area is 149 Å². The van der Waals surface area contributed by atoms with Crippen LogP contribution >= 0.6 is 0 Å². The highest BCUT2D eigenvalue weighted by molar-refractivity contribution is 6.04. The number of fused-ring (bicyclic) bond motifs is 1. The third kappa shape index (κ3) is 3.89. The van der Waals surface area contributed by atoms with Gasteiger partial charge in [0, 0.05) is 5.56 Å². The van der Waals surface area contributed by atoms with Gasteiger partial charge < -0.3 is 10.1 Å². The Morgan fingerprint density at radius 2 is 1.69 bits per heavy atom. The van der Waals surface area contributed by atoms with Gasteiger partial charge >= 0.3 is 5.97 Å². The van der Waals surface area contributed by atoms with Crippen LogP contribution in [0.4, 0.5) is 5.69 Å². The second-order valence-corrected chi connectivity index (χ2v) is 5.47. The zero-order valence-corrected chi connectivity index (χ0v) is 13.9. The van der Waals surface area contributed by atoms with Crippen molar-refractivity contribution in [3.8, 4) is 0 Å². The summed E-state index contributed by atoms with van der Waals surface area (Å²) in [5, 5.41) is 2.56. The minimum atomic E-state index is -0.752. The fraction of sp³-hybridized carbons (Fsp3) is 0.105. The summed E-state index contributed by atoms with van der Waals surface area (Å²) in [4.78, 5) is 43.9. The van der Waals surface area contributed by atoms with Crippen LogP contribution in [0.25, 0.3) is 11.0 Å². The van der Waals surface area contributed by atoms with Crippen LogP contribution in [0.3, 0.4) is 0 Å². The van der Waals surface area contributed by atoms with Crippen LogP contribution < -0.4 is 5.32 Å². The number of ether oxygens (including phenoxy) is 1. The topological polar surface area (TPSA) is 98.2 Å². The van der Waals surface area contributed by atoms with Gasteiger partial charge in [-0.2, -0.15) is 0 Å². The van der Waals surface area contributed by atoms with E-state index >= 15 is 0 Å². The molecule has 7 heteroatoms. The molecule has 7 nitrogen and oxygen atoms in total. The van der Waals surface area contributed by atoms with Gasteiger partial charge in [-0.15, -0.1) is 0 Å². The molecule has 0 aliphatic carbocycles. The maximum atomic E-state index is 12.1. The maximum Gasteiger partial charge on any atom is 0.359 e. The molecule has 0 unspecified atom stereocenters. The number of rotatable bonds is 5. The van der Waals surface area contributed by atoms with Crippen molar-refractivity contribution < 1.29 is 19.1 Å². The number of para-hydroxylation sites is 3. The third-order valence-corrected chi connectivity index (χ3v) is 3.57. The minimum absolute atomic E-state index is 0.0145. The number of benzene rings is 2. The Hall–Kier alpha value is -3.61. The van der Waals surface area contributed by atoms with Gasteiger partial charge in [0.1, 0.15) is 0 Å². The summed E-state index contributed by atoms with van der Waals surface area (Å²) in [7, 11) is 0. The highest BCUT2D eigenvalue weighted by Crippen LogP contribution is 2.15. The maximum absolute atomic E-state index is 12.1. The second kappa shape index (κ2) is 7.52. The third-order valence-electron chi connectivity index (χ3n) is 3.57. The Morgan fingerprint density at radius 3 is 2.46 bits per heavy atom. The van der Waals surface area contributed by atoms with Gasteiger partial charge in [0.15, 0.2) is 18.1 Å². The number of hydrogen-bond donors (Lipinski definition) is 1. The van der Waals surface area contributed by atoms with Crippen LogP contribution in [0.5, 0.6) is 0 Å². The van der Waals surface area contributed by atoms with Crippen LogP contribution in [-0.4, -0.2) is 34.2 Å². The first-order valence-electron chi connectivity index (χ1n) is 7.83. The quantitative estimate of drug-likeness (QED) is 0.562. The number of carbonyl (C=O) groups is 3. The summed E-state index contributed by atoms with van der Waals surface area (Å²) in [5.41, 5.74) is 1.98. The number of anilines is 1. The molecule has 3 aromatic rings. The van der Waals surface area contributed by atoms with E-state index in [1.807, 2.05) is 6.07 Å². The van der Waals surface area contributed by atoms with E-state index in [0.717, 1.165) is 0 Å². The summed E-state index contributed by atoms with van der Waals surface area (Å²) < 4.78 is 4.97. The second-order valence-electron chi connectivity index (χ2n) is 5.47.